The number of nitrogens with zero attached hydrogens (tertiary/aromatic N) is 1. The Hall–Kier alpha value is -3.47. The van der Waals surface area contributed by atoms with Crippen LogP contribution >= 0.6 is 0 Å². The number of aryl methyl sites for hydroxylation is 1. The summed E-state index contributed by atoms with van der Waals surface area (Å²) in [5.41, 5.74) is 4.62. The van der Waals surface area contributed by atoms with Crippen molar-refractivity contribution in [2.45, 2.75) is 39.3 Å². The van der Waals surface area contributed by atoms with Crippen LogP contribution in [0.5, 0.6) is 0 Å². The molecule has 0 bridgehead atoms. The number of benzene rings is 3. The molecule has 4 nitrogen and oxygen atoms in total. The summed E-state index contributed by atoms with van der Waals surface area (Å²) in [6.07, 6.45) is 2.07. The SMILES string of the molecule is Cc1cccc(CNC(=O)Cc2ccc(N(Cc3cccc(F)c3)C(=O)C3CC3)cc2)c1. The molecule has 3 aromatic rings. The molecule has 0 unspecified atom stereocenters. The van der Waals surface area contributed by atoms with Crippen LogP contribution in [-0.2, 0) is 29.1 Å². The zero-order valence-corrected chi connectivity index (χ0v) is 18.2. The Morgan fingerprint density at radius 1 is 0.938 bits per heavy atom. The second kappa shape index (κ2) is 9.77. The Balaban J connectivity index is 1.40. The Morgan fingerprint density at radius 2 is 1.66 bits per heavy atom. The van der Waals surface area contributed by atoms with Crippen LogP contribution in [0.4, 0.5) is 10.1 Å². The van der Waals surface area contributed by atoms with Gasteiger partial charge in [0.15, 0.2) is 0 Å². The van der Waals surface area contributed by atoms with Gasteiger partial charge in [0, 0.05) is 18.2 Å². The van der Waals surface area contributed by atoms with Gasteiger partial charge in [0.2, 0.25) is 11.8 Å². The molecule has 164 valence electrons. The Labute approximate surface area is 188 Å². The Morgan fingerprint density at radius 3 is 2.34 bits per heavy atom. The van der Waals surface area contributed by atoms with Gasteiger partial charge < -0.3 is 10.2 Å². The van der Waals surface area contributed by atoms with Crippen LogP contribution in [0.25, 0.3) is 0 Å². The highest BCUT2D eigenvalue weighted by molar-refractivity contribution is 5.96. The van der Waals surface area contributed by atoms with Crippen molar-refractivity contribution in [3.05, 3.63) is 101 Å². The lowest BCUT2D eigenvalue weighted by atomic mass is 10.1. The molecule has 1 aliphatic rings. The minimum atomic E-state index is -0.312. The zero-order valence-electron chi connectivity index (χ0n) is 18.2. The van der Waals surface area contributed by atoms with E-state index in [4.69, 9.17) is 0 Å². The van der Waals surface area contributed by atoms with Crippen molar-refractivity contribution in [2.75, 3.05) is 4.90 Å². The number of nitrogens with one attached hydrogen (secondary N) is 1. The molecule has 4 rings (SSSR count). The second-order valence-electron chi connectivity index (χ2n) is 8.44. The van der Waals surface area contributed by atoms with Gasteiger partial charge in [0.25, 0.3) is 0 Å². The molecule has 2 amide bonds. The molecule has 1 aliphatic carbocycles. The summed E-state index contributed by atoms with van der Waals surface area (Å²) in [6.45, 7) is 2.84. The molecule has 0 aliphatic heterocycles. The third-order valence-electron chi connectivity index (χ3n) is 5.61. The first-order valence-corrected chi connectivity index (χ1v) is 10.9. The van der Waals surface area contributed by atoms with Crippen LogP contribution in [0, 0.1) is 18.7 Å². The minimum Gasteiger partial charge on any atom is -0.352 e. The summed E-state index contributed by atoms with van der Waals surface area (Å²) in [5.74, 6) is -0.244. The topological polar surface area (TPSA) is 49.4 Å². The lowest BCUT2D eigenvalue weighted by Crippen LogP contribution is -2.31. The van der Waals surface area contributed by atoms with Gasteiger partial charge in [-0.25, -0.2) is 4.39 Å². The first-order valence-electron chi connectivity index (χ1n) is 10.9. The van der Waals surface area contributed by atoms with Crippen LogP contribution in [0.1, 0.15) is 35.1 Å². The number of carbonyl (C=O) groups excluding carboxylic acids is 2. The number of carbonyl (C=O) groups is 2. The molecule has 5 heteroatoms. The molecule has 1 fully saturated rings. The fourth-order valence-corrected chi connectivity index (χ4v) is 3.73. The minimum absolute atomic E-state index is 0.0510. The van der Waals surface area contributed by atoms with Gasteiger partial charge in [-0.2, -0.15) is 0 Å². The van der Waals surface area contributed by atoms with Crippen molar-refractivity contribution < 1.29 is 14.0 Å². The van der Waals surface area contributed by atoms with E-state index in [0.29, 0.717) is 13.1 Å². The third kappa shape index (κ3) is 5.82. The van der Waals surface area contributed by atoms with E-state index in [1.165, 1.54) is 12.1 Å². The van der Waals surface area contributed by atoms with Crippen molar-refractivity contribution in [3.63, 3.8) is 0 Å². The van der Waals surface area contributed by atoms with Crippen LogP contribution in [0.3, 0.4) is 0 Å². The van der Waals surface area contributed by atoms with E-state index in [1.807, 2.05) is 55.5 Å². The normalized spacial score (nSPS) is 12.9. The monoisotopic (exact) mass is 430 g/mol. The molecule has 0 spiro atoms. The lowest BCUT2D eigenvalue weighted by Gasteiger charge is -2.23. The maximum absolute atomic E-state index is 13.6. The molecular formula is C27H27FN2O2. The average Bonchev–Trinajstić information content (AvgIpc) is 3.62. The van der Waals surface area contributed by atoms with E-state index in [2.05, 4.69) is 11.4 Å². The summed E-state index contributed by atoms with van der Waals surface area (Å²) in [6, 6.07) is 21.9. The standard InChI is InChI=1S/C27H27FN2O2/c1-19-4-2-5-21(14-19)17-29-26(31)16-20-8-12-25(13-9-20)30(27(32)23-10-11-23)18-22-6-3-7-24(28)15-22/h2-9,12-15,23H,10-11,16-18H2,1H3,(H,29,31). The first-order chi connectivity index (χ1) is 15.5. The Bertz CT molecular complexity index is 1110. The van der Waals surface area contributed by atoms with Crippen LogP contribution in [0.15, 0.2) is 72.8 Å². The molecule has 1 saturated carbocycles. The highest BCUT2D eigenvalue weighted by Gasteiger charge is 2.34. The number of amides is 2. The van der Waals surface area contributed by atoms with Gasteiger partial charge in [-0.15, -0.1) is 0 Å². The summed E-state index contributed by atoms with van der Waals surface area (Å²) in [4.78, 5) is 26.9. The second-order valence-corrected chi connectivity index (χ2v) is 8.44. The number of rotatable bonds is 8. The van der Waals surface area contributed by atoms with E-state index in [1.54, 1.807) is 11.0 Å². The molecule has 0 heterocycles. The summed E-state index contributed by atoms with van der Waals surface area (Å²) >= 11 is 0. The number of halogens is 1. The summed E-state index contributed by atoms with van der Waals surface area (Å²) in [5, 5.41) is 2.95. The fourth-order valence-electron chi connectivity index (χ4n) is 3.73. The Kier molecular flexibility index (Phi) is 6.64. The van der Waals surface area contributed by atoms with E-state index in [0.717, 1.165) is 40.8 Å². The van der Waals surface area contributed by atoms with Crippen molar-refractivity contribution in [3.8, 4) is 0 Å². The predicted octanol–water partition coefficient (Wildman–Crippen LogP) is 4.94. The highest BCUT2D eigenvalue weighted by atomic mass is 19.1. The molecule has 1 N–H and O–H groups in total. The quantitative estimate of drug-likeness (QED) is 0.551. The molecule has 0 radical (unpaired) electrons. The molecule has 3 aromatic carbocycles. The molecular weight excluding hydrogens is 403 g/mol. The predicted molar refractivity (Wildman–Crippen MR) is 123 cm³/mol. The van der Waals surface area contributed by atoms with Gasteiger partial charge in [-0.3, -0.25) is 9.59 Å². The average molecular weight is 431 g/mol. The van der Waals surface area contributed by atoms with Crippen molar-refractivity contribution in [1.82, 2.24) is 5.32 Å². The largest absolute Gasteiger partial charge is 0.352 e. The van der Waals surface area contributed by atoms with E-state index < -0.39 is 0 Å². The number of hydrogen-bond acceptors (Lipinski definition) is 2. The van der Waals surface area contributed by atoms with Crippen molar-refractivity contribution in [1.29, 1.82) is 0 Å². The fraction of sp³-hybridized carbons (Fsp3) is 0.259. The number of anilines is 1. The van der Waals surface area contributed by atoms with Gasteiger partial charge in [-0.05, 0) is 60.7 Å². The van der Waals surface area contributed by atoms with Crippen LogP contribution in [0.2, 0.25) is 0 Å². The third-order valence-corrected chi connectivity index (χ3v) is 5.61. The number of hydrogen-bond donors (Lipinski definition) is 1. The van der Waals surface area contributed by atoms with Gasteiger partial charge in [0.1, 0.15) is 5.82 Å². The van der Waals surface area contributed by atoms with Crippen molar-refractivity contribution in [2.24, 2.45) is 5.92 Å². The first kappa shape index (κ1) is 21.8. The summed E-state index contributed by atoms with van der Waals surface area (Å²) in [7, 11) is 0. The maximum atomic E-state index is 13.6. The maximum Gasteiger partial charge on any atom is 0.230 e. The lowest BCUT2D eigenvalue weighted by molar-refractivity contribution is -0.121. The van der Waals surface area contributed by atoms with Gasteiger partial charge in [0.05, 0.1) is 13.0 Å². The van der Waals surface area contributed by atoms with Crippen LogP contribution < -0.4 is 10.2 Å². The highest BCUT2D eigenvalue weighted by Crippen LogP contribution is 2.33. The molecule has 32 heavy (non-hydrogen) atoms. The van der Waals surface area contributed by atoms with Gasteiger partial charge in [-0.1, -0.05) is 54.1 Å². The van der Waals surface area contributed by atoms with E-state index in [-0.39, 0.29) is 30.0 Å². The van der Waals surface area contributed by atoms with Gasteiger partial charge >= 0.3 is 0 Å². The molecule has 0 saturated heterocycles. The zero-order chi connectivity index (χ0) is 22.5. The van der Waals surface area contributed by atoms with E-state index in [9.17, 15) is 14.0 Å². The molecule has 0 aromatic heterocycles. The van der Waals surface area contributed by atoms with Crippen molar-refractivity contribution >= 4 is 17.5 Å². The molecule has 0 atom stereocenters. The smallest absolute Gasteiger partial charge is 0.230 e. The van der Waals surface area contributed by atoms with E-state index >= 15 is 0 Å². The summed E-state index contributed by atoms with van der Waals surface area (Å²) < 4.78 is 13.6. The van der Waals surface area contributed by atoms with Crippen LogP contribution in [-0.4, -0.2) is 11.8 Å².